The maximum atomic E-state index is 6.16. The molecule has 0 spiro atoms. The molecule has 2 heterocycles. The molecule has 2 aromatic rings. The molecule has 3 rings (SSSR count). The molecule has 0 radical (unpaired) electrons. The van der Waals surface area contributed by atoms with Gasteiger partial charge in [-0.15, -0.1) is 12.4 Å². The van der Waals surface area contributed by atoms with Crippen molar-refractivity contribution in [1.82, 2.24) is 15.3 Å². The first-order valence-electron chi connectivity index (χ1n) is 5.88. The molecule has 1 aliphatic heterocycles. The first kappa shape index (κ1) is 13.4. The lowest BCUT2D eigenvalue weighted by Crippen LogP contribution is -2.14. The standard InChI is InChI=1S/C13H14ClN3.ClH/c14-10-5-2-1-4-9(10)12-8-16-13(17-12)11-6-3-7-15-11;/h1-2,4-5,8,11,15H,3,6-7H2,(H,16,17);1H. The minimum Gasteiger partial charge on any atom is -0.341 e. The number of hydrogen-bond donors (Lipinski definition) is 2. The van der Waals surface area contributed by atoms with E-state index in [1.807, 2.05) is 30.5 Å². The molecule has 0 saturated carbocycles. The molecule has 2 N–H and O–H groups in total. The van der Waals surface area contributed by atoms with Gasteiger partial charge >= 0.3 is 0 Å². The summed E-state index contributed by atoms with van der Waals surface area (Å²) >= 11 is 6.16. The first-order valence-corrected chi connectivity index (χ1v) is 6.25. The number of rotatable bonds is 2. The molecule has 5 heteroatoms. The second-order valence-corrected chi connectivity index (χ2v) is 4.72. The van der Waals surface area contributed by atoms with E-state index in [-0.39, 0.29) is 12.4 Å². The molecule has 18 heavy (non-hydrogen) atoms. The molecule has 0 bridgehead atoms. The third-order valence-corrected chi connectivity index (χ3v) is 3.48. The summed E-state index contributed by atoms with van der Waals surface area (Å²) in [5.74, 6) is 1.01. The molecule has 1 atom stereocenters. The number of nitrogens with zero attached hydrogens (tertiary/aromatic N) is 1. The minimum absolute atomic E-state index is 0. The zero-order chi connectivity index (χ0) is 11.7. The van der Waals surface area contributed by atoms with Gasteiger partial charge in [-0.3, -0.25) is 0 Å². The second kappa shape index (κ2) is 5.74. The highest BCUT2D eigenvalue weighted by Crippen LogP contribution is 2.28. The molecule has 0 amide bonds. The van der Waals surface area contributed by atoms with Gasteiger partial charge in [0.15, 0.2) is 0 Å². The summed E-state index contributed by atoms with van der Waals surface area (Å²) in [6.45, 7) is 1.08. The van der Waals surface area contributed by atoms with Crippen LogP contribution in [0.25, 0.3) is 11.3 Å². The van der Waals surface area contributed by atoms with Crippen LogP contribution >= 0.6 is 24.0 Å². The van der Waals surface area contributed by atoms with Gasteiger partial charge in [-0.2, -0.15) is 0 Å². The number of nitrogens with one attached hydrogen (secondary N) is 2. The zero-order valence-corrected chi connectivity index (χ0v) is 11.4. The van der Waals surface area contributed by atoms with Gasteiger partial charge in [0.1, 0.15) is 5.82 Å². The van der Waals surface area contributed by atoms with Gasteiger partial charge < -0.3 is 10.3 Å². The van der Waals surface area contributed by atoms with E-state index < -0.39 is 0 Å². The quantitative estimate of drug-likeness (QED) is 0.885. The van der Waals surface area contributed by atoms with Crippen molar-refractivity contribution < 1.29 is 0 Å². The Hall–Kier alpha value is -1.03. The highest BCUT2D eigenvalue weighted by atomic mass is 35.5. The average Bonchev–Trinajstić information content (AvgIpc) is 3.00. The van der Waals surface area contributed by atoms with Gasteiger partial charge in [0, 0.05) is 10.6 Å². The smallest absolute Gasteiger partial charge is 0.123 e. The fourth-order valence-corrected chi connectivity index (χ4v) is 2.49. The van der Waals surface area contributed by atoms with Gasteiger partial charge in [-0.25, -0.2) is 4.98 Å². The summed E-state index contributed by atoms with van der Waals surface area (Å²) in [6.07, 6.45) is 4.22. The maximum absolute atomic E-state index is 6.16. The van der Waals surface area contributed by atoms with E-state index in [4.69, 9.17) is 11.6 Å². The highest BCUT2D eigenvalue weighted by molar-refractivity contribution is 6.33. The van der Waals surface area contributed by atoms with Crippen LogP contribution in [-0.2, 0) is 0 Å². The van der Waals surface area contributed by atoms with Gasteiger partial charge in [-0.1, -0.05) is 29.8 Å². The van der Waals surface area contributed by atoms with Crippen LogP contribution in [0.4, 0.5) is 0 Å². The lowest BCUT2D eigenvalue weighted by molar-refractivity contribution is 0.613. The third-order valence-electron chi connectivity index (χ3n) is 3.15. The van der Waals surface area contributed by atoms with Crippen molar-refractivity contribution >= 4 is 24.0 Å². The van der Waals surface area contributed by atoms with E-state index in [0.29, 0.717) is 6.04 Å². The highest BCUT2D eigenvalue weighted by Gasteiger charge is 2.19. The van der Waals surface area contributed by atoms with E-state index in [0.717, 1.165) is 35.1 Å². The van der Waals surface area contributed by atoms with Gasteiger partial charge in [0.05, 0.1) is 17.9 Å². The minimum atomic E-state index is 0. The normalized spacial score (nSPS) is 18.6. The first-order chi connectivity index (χ1) is 8.34. The molecule has 1 aliphatic rings. The number of benzene rings is 1. The molecule has 1 unspecified atom stereocenters. The van der Waals surface area contributed by atoms with Crippen LogP contribution in [-0.4, -0.2) is 16.5 Å². The molecule has 3 nitrogen and oxygen atoms in total. The van der Waals surface area contributed by atoms with Crippen LogP contribution in [0.1, 0.15) is 24.7 Å². The molecule has 1 aromatic heterocycles. The van der Waals surface area contributed by atoms with Crippen LogP contribution in [0.2, 0.25) is 5.02 Å². The van der Waals surface area contributed by atoms with Crippen molar-refractivity contribution in [2.45, 2.75) is 18.9 Å². The Labute approximate surface area is 117 Å². The number of halogens is 2. The topological polar surface area (TPSA) is 40.7 Å². The van der Waals surface area contributed by atoms with Crippen molar-refractivity contribution in [3.8, 4) is 11.3 Å². The average molecular weight is 284 g/mol. The van der Waals surface area contributed by atoms with Gasteiger partial charge in [0.2, 0.25) is 0 Å². The summed E-state index contributed by atoms with van der Waals surface area (Å²) in [5.41, 5.74) is 1.99. The maximum Gasteiger partial charge on any atom is 0.123 e. The largest absolute Gasteiger partial charge is 0.341 e. The van der Waals surface area contributed by atoms with E-state index in [9.17, 15) is 0 Å². The Morgan fingerprint density at radius 2 is 2.11 bits per heavy atom. The van der Waals surface area contributed by atoms with Crippen molar-refractivity contribution in [3.63, 3.8) is 0 Å². The van der Waals surface area contributed by atoms with Crippen LogP contribution in [0.15, 0.2) is 30.5 Å². The van der Waals surface area contributed by atoms with E-state index in [1.54, 1.807) is 0 Å². The SMILES string of the molecule is Cl.Clc1ccccc1-c1cnc(C2CCCN2)[nH]1. The summed E-state index contributed by atoms with van der Waals surface area (Å²) in [6, 6.07) is 8.18. The fourth-order valence-electron chi connectivity index (χ4n) is 2.25. The van der Waals surface area contributed by atoms with Crippen LogP contribution < -0.4 is 5.32 Å². The monoisotopic (exact) mass is 283 g/mol. The van der Waals surface area contributed by atoms with Crippen molar-refractivity contribution in [1.29, 1.82) is 0 Å². The van der Waals surface area contributed by atoms with Gasteiger partial charge in [-0.05, 0) is 25.5 Å². The summed E-state index contributed by atoms with van der Waals surface area (Å²) in [5, 5.41) is 4.18. The zero-order valence-electron chi connectivity index (χ0n) is 9.82. The summed E-state index contributed by atoms with van der Waals surface area (Å²) < 4.78 is 0. The number of aromatic nitrogens is 2. The molecule has 0 aliphatic carbocycles. The van der Waals surface area contributed by atoms with E-state index >= 15 is 0 Å². The Kier molecular flexibility index (Phi) is 4.27. The Morgan fingerprint density at radius 3 is 2.83 bits per heavy atom. The lowest BCUT2D eigenvalue weighted by Gasteiger charge is -2.05. The second-order valence-electron chi connectivity index (χ2n) is 4.31. The van der Waals surface area contributed by atoms with E-state index in [2.05, 4.69) is 15.3 Å². The molecular weight excluding hydrogens is 269 g/mol. The van der Waals surface area contributed by atoms with Crippen molar-refractivity contribution in [2.24, 2.45) is 0 Å². The molecular formula is C13H15Cl2N3. The number of imidazole rings is 1. The third kappa shape index (κ3) is 2.53. The van der Waals surface area contributed by atoms with E-state index in [1.165, 1.54) is 6.42 Å². The van der Waals surface area contributed by atoms with Gasteiger partial charge in [0.25, 0.3) is 0 Å². The van der Waals surface area contributed by atoms with Crippen LogP contribution in [0, 0.1) is 0 Å². The van der Waals surface area contributed by atoms with Crippen LogP contribution in [0.3, 0.4) is 0 Å². The number of hydrogen-bond acceptors (Lipinski definition) is 2. The summed E-state index contributed by atoms with van der Waals surface area (Å²) in [4.78, 5) is 7.79. The summed E-state index contributed by atoms with van der Waals surface area (Å²) in [7, 11) is 0. The number of aromatic amines is 1. The van der Waals surface area contributed by atoms with Crippen molar-refractivity contribution in [3.05, 3.63) is 41.3 Å². The van der Waals surface area contributed by atoms with Crippen LogP contribution in [0.5, 0.6) is 0 Å². The molecule has 1 fully saturated rings. The van der Waals surface area contributed by atoms with Crippen molar-refractivity contribution in [2.75, 3.05) is 6.54 Å². The predicted octanol–water partition coefficient (Wildman–Crippen LogP) is 3.58. The molecule has 1 aromatic carbocycles. The number of H-pyrrole nitrogens is 1. The predicted molar refractivity (Wildman–Crippen MR) is 76.3 cm³/mol. The fraction of sp³-hybridized carbons (Fsp3) is 0.308. The lowest BCUT2D eigenvalue weighted by atomic mass is 10.2. The Bertz CT molecular complexity index is 518. The Morgan fingerprint density at radius 1 is 1.28 bits per heavy atom. The molecule has 96 valence electrons. The molecule has 1 saturated heterocycles. The Balaban J connectivity index is 0.00000120.